The molecule has 0 fully saturated rings. The number of benzene rings is 9. The van der Waals surface area contributed by atoms with Crippen molar-refractivity contribution in [3.8, 4) is 33.4 Å². The molecule has 9 aromatic carbocycles. The zero-order chi connectivity index (χ0) is 32.8. The van der Waals surface area contributed by atoms with Crippen LogP contribution in [-0.4, -0.2) is 0 Å². The lowest BCUT2D eigenvalue weighted by Gasteiger charge is -2.19. The highest BCUT2D eigenvalue weighted by atomic mass is 32.1. The number of fused-ring (bicyclic) bond motifs is 10. The molecule has 2 heterocycles. The van der Waals surface area contributed by atoms with Crippen LogP contribution in [-0.2, 0) is 0 Å². The summed E-state index contributed by atoms with van der Waals surface area (Å²) in [6.45, 7) is 0. The van der Waals surface area contributed by atoms with Crippen molar-refractivity contribution in [1.82, 2.24) is 0 Å². The van der Waals surface area contributed by atoms with E-state index in [1.54, 1.807) is 0 Å². The van der Waals surface area contributed by atoms with E-state index in [0.717, 1.165) is 0 Å². The smallest absolute Gasteiger partial charge is 0.0534 e. The van der Waals surface area contributed by atoms with E-state index < -0.39 is 0 Å². The van der Waals surface area contributed by atoms with Gasteiger partial charge in [0.25, 0.3) is 0 Å². The Labute approximate surface area is 297 Å². The lowest BCUT2D eigenvalue weighted by Crippen LogP contribution is -1.92. The second-order valence-electron chi connectivity index (χ2n) is 13.2. The molecule has 0 bridgehead atoms. The van der Waals surface area contributed by atoms with Crippen LogP contribution in [0, 0.1) is 0 Å². The standard InChI is InChI=1S/C48H28S2/c1-2-15-33-29(11-1)12-10-21-35(33)46-38-19-5-3-17-36(38)45(37-18-4-6-20-39(37)46)32-14-9-13-30(27-32)31-23-26-44-42(28-31)41-25-24-40-34-16-7-8-22-43(34)49-47(40)48(41)50-44/h1-28H. The van der Waals surface area contributed by atoms with Crippen LogP contribution in [0.1, 0.15) is 0 Å². The predicted octanol–water partition coefficient (Wildman–Crippen LogP) is 14.9. The van der Waals surface area contributed by atoms with E-state index in [2.05, 4.69) is 170 Å². The number of hydrogen-bond acceptors (Lipinski definition) is 2. The molecule has 50 heavy (non-hydrogen) atoms. The van der Waals surface area contributed by atoms with Crippen molar-refractivity contribution in [3.05, 3.63) is 170 Å². The van der Waals surface area contributed by atoms with Crippen LogP contribution in [0.4, 0.5) is 0 Å². The van der Waals surface area contributed by atoms with E-state index in [1.807, 2.05) is 22.7 Å². The van der Waals surface area contributed by atoms with Crippen LogP contribution in [0.2, 0.25) is 0 Å². The average molecular weight is 669 g/mol. The first-order chi connectivity index (χ1) is 24.8. The molecule has 232 valence electrons. The van der Waals surface area contributed by atoms with Gasteiger partial charge in [-0.15, -0.1) is 22.7 Å². The van der Waals surface area contributed by atoms with E-state index in [4.69, 9.17) is 0 Å². The molecule has 0 saturated heterocycles. The molecule has 2 aromatic heterocycles. The molecule has 11 aromatic rings. The van der Waals surface area contributed by atoms with Crippen molar-refractivity contribution in [2.75, 3.05) is 0 Å². The maximum atomic E-state index is 2.41. The summed E-state index contributed by atoms with van der Waals surface area (Å²) in [5.74, 6) is 0. The molecular formula is C48H28S2. The molecule has 0 N–H and O–H groups in total. The Morgan fingerprint density at radius 1 is 0.280 bits per heavy atom. The van der Waals surface area contributed by atoms with Gasteiger partial charge in [0.15, 0.2) is 0 Å². The van der Waals surface area contributed by atoms with Gasteiger partial charge < -0.3 is 0 Å². The van der Waals surface area contributed by atoms with Crippen molar-refractivity contribution in [3.63, 3.8) is 0 Å². The molecule has 0 amide bonds. The van der Waals surface area contributed by atoms with Gasteiger partial charge in [-0.1, -0.05) is 146 Å². The van der Waals surface area contributed by atoms with Crippen molar-refractivity contribution in [1.29, 1.82) is 0 Å². The zero-order valence-corrected chi connectivity index (χ0v) is 28.6. The first-order valence-corrected chi connectivity index (χ1v) is 18.7. The zero-order valence-electron chi connectivity index (χ0n) is 27.0. The third-order valence-corrected chi connectivity index (χ3v) is 13.0. The highest BCUT2D eigenvalue weighted by molar-refractivity contribution is 7.33. The first-order valence-electron chi connectivity index (χ1n) is 17.1. The van der Waals surface area contributed by atoms with Crippen LogP contribution in [0.25, 0.3) is 106 Å². The summed E-state index contributed by atoms with van der Waals surface area (Å²) in [7, 11) is 0. The largest absolute Gasteiger partial charge is 0.134 e. The molecule has 0 radical (unpaired) electrons. The molecule has 11 rings (SSSR count). The van der Waals surface area contributed by atoms with E-state index in [0.29, 0.717) is 0 Å². The van der Waals surface area contributed by atoms with Crippen LogP contribution in [0.5, 0.6) is 0 Å². The molecule has 2 heteroatoms. The fourth-order valence-electron chi connectivity index (χ4n) is 8.22. The van der Waals surface area contributed by atoms with Gasteiger partial charge in [0.1, 0.15) is 0 Å². The minimum atomic E-state index is 1.23. The van der Waals surface area contributed by atoms with Crippen molar-refractivity contribution in [2.45, 2.75) is 0 Å². The minimum Gasteiger partial charge on any atom is -0.134 e. The fraction of sp³-hybridized carbons (Fsp3) is 0. The molecular weight excluding hydrogens is 641 g/mol. The predicted molar refractivity (Wildman–Crippen MR) is 221 cm³/mol. The Morgan fingerprint density at radius 3 is 1.54 bits per heavy atom. The van der Waals surface area contributed by atoms with Gasteiger partial charge in [0.05, 0.1) is 9.40 Å². The normalized spacial score (nSPS) is 12.0. The maximum Gasteiger partial charge on any atom is 0.0534 e. The molecule has 0 aliphatic heterocycles. The van der Waals surface area contributed by atoms with Gasteiger partial charge in [-0.25, -0.2) is 0 Å². The van der Waals surface area contributed by atoms with Gasteiger partial charge >= 0.3 is 0 Å². The molecule has 0 nitrogen and oxygen atoms in total. The Balaban J connectivity index is 1.12. The van der Waals surface area contributed by atoms with Crippen LogP contribution >= 0.6 is 22.7 Å². The second-order valence-corrected chi connectivity index (χ2v) is 15.3. The maximum absolute atomic E-state index is 2.41. The summed E-state index contributed by atoms with van der Waals surface area (Å²) in [6, 6.07) is 63.0. The molecule has 0 aliphatic carbocycles. The third kappa shape index (κ3) is 4.10. The summed E-state index contributed by atoms with van der Waals surface area (Å²) in [6.07, 6.45) is 0. The average Bonchev–Trinajstić information content (AvgIpc) is 3.75. The van der Waals surface area contributed by atoms with E-state index >= 15 is 0 Å². The molecule has 0 spiro atoms. The van der Waals surface area contributed by atoms with Gasteiger partial charge in [-0.2, -0.15) is 0 Å². The van der Waals surface area contributed by atoms with Crippen LogP contribution in [0.15, 0.2) is 170 Å². The summed E-state index contributed by atoms with van der Waals surface area (Å²) < 4.78 is 5.49. The summed E-state index contributed by atoms with van der Waals surface area (Å²) >= 11 is 3.84. The molecule has 0 atom stereocenters. The number of thiophene rings is 2. The first kappa shape index (κ1) is 28.1. The van der Waals surface area contributed by atoms with Crippen molar-refractivity contribution >= 4 is 95.3 Å². The quantitative estimate of drug-likeness (QED) is 0.164. The number of rotatable bonds is 3. The Morgan fingerprint density at radius 2 is 0.800 bits per heavy atom. The highest BCUT2D eigenvalue weighted by Crippen LogP contribution is 2.47. The van der Waals surface area contributed by atoms with Gasteiger partial charge in [-0.3, -0.25) is 0 Å². The lowest BCUT2D eigenvalue weighted by molar-refractivity contribution is 1.63. The Bertz CT molecular complexity index is 3090. The molecule has 0 unspecified atom stereocenters. The Kier molecular flexibility index (Phi) is 6.09. The molecule has 0 saturated carbocycles. The van der Waals surface area contributed by atoms with Crippen molar-refractivity contribution < 1.29 is 0 Å². The number of hydrogen-bond donors (Lipinski definition) is 0. The van der Waals surface area contributed by atoms with Crippen molar-refractivity contribution in [2.24, 2.45) is 0 Å². The van der Waals surface area contributed by atoms with E-state index in [-0.39, 0.29) is 0 Å². The van der Waals surface area contributed by atoms with Gasteiger partial charge in [-0.05, 0) is 90.0 Å². The monoisotopic (exact) mass is 668 g/mol. The molecule has 0 aliphatic rings. The van der Waals surface area contributed by atoms with Crippen LogP contribution in [0.3, 0.4) is 0 Å². The minimum absolute atomic E-state index is 1.23. The van der Waals surface area contributed by atoms with Crippen LogP contribution < -0.4 is 0 Å². The SMILES string of the molecule is c1cc(-c2ccc3sc4c(ccc5c6ccccc6sc54)c3c2)cc(-c2c3ccccc3c(-c3cccc4ccccc34)c3ccccc23)c1. The highest BCUT2D eigenvalue weighted by Gasteiger charge is 2.19. The van der Waals surface area contributed by atoms with E-state index in [1.165, 1.54) is 106 Å². The van der Waals surface area contributed by atoms with Gasteiger partial charge in [0.2, 0.25) is 0 Å². The lowest BCUT2D eigenvalue weighted by atomic mass is 9.84. The van der Waals surface area contributed by atoms with Gasteiger partial charge in [0, 0.05) is 30.9 Å². The fourth-order valence-corrected chi connectivity index (χ4v) is 10.7. The second kappa shape index (κ2) is 10.9. The third-order valence-electron chi connectivity index (χ3n) is 10.5. The van der Waals surface area contributed by atoms with E-state index in [9.17, 15) is 0 Å². The topological polar surface area (TPSA) is 0 Å². The summed E-state index contributed by atoms with van der Waals surface area (Å²) in [5, 5.41) is 13.1. The summed E-state index contributed by atoms with van der Waals surface area (Å²) in [5.41, 5.74) is 7.59. The Hall–Kier alpha value is -5.80. The summed E-state index contributed by atoms with van der Waals surface area (Å²) in [4.78, 5) is 0.